The second-order valence-corrected chi connectivity index (χ2v) is 14.5. The standard InChI is InChI=1S/C31H35FN6O4S/c1-18-15-23(16-19(2)27(18)32)38-28(26-20(3)35(11-9-24(26)34-38)30(40)42-31(4,5)6)37-13-12-36(29(37)39)22-7-8-25-21(17-22)10-14-43(25,33)41/h7-8,12-13,15-17,20,33H,9-11,14H2,1-6H3/t20-,43?/m0/s1. The summed E-state index contributed by atoms with van der Waals surface area (Å²) in [5.41, 5.74) is 3.30. The highest BCUT2D eigenvalue weighted by Crippen LogP contribution is 2.36. The van der Waals surface area contributed by atoms with Crippen molar-refractivity contribution in [3.63, 3.8) is 0 Å². The number of fused-ring (bicyclic) bond motifs is 2. The summed E-state index contributed by atoms with van der Waals surface area (Å²) in [6.45, 7) is 11.1. The maximum atomic E-state index is 14.6. The summed E-state index contributed by atoms with van der Waals surface area (Å²) in [5, 5.41) is 4.91. The number of aryl methyl sites for hydroxylation is 3. The minimum Gasteiger partial charge on any atom is -0.444 e. The molecule has 0 fully saturated rings. The van der Waals surface area contributed by atoms with Crippen LogP contribution in [0.4, 0.5) is 9.18 Å². The van der Waals surface area contributed by atoms with E-state index in [0.29, 0.717) is 58.2 Å². The van der Waals surface area contributed by atoms with Gasteiger partial charge in [-0.15, -0.1) is 0 Å². The predicted octanol–water partition coefficient (Wildman–Crippen LogP) is 5.39. The molecule has 1 unspecified atom stereocenters. The zero-order valence-corrected chi connectivity index (χ0v) is 25.9. The van der Waals surface area contributed by atoms with E-state index >= 15 is 0 Å². The Morgan fingerprint density at radius 3 is 2.42 bits per heavy atom. The molecule has 1 amide bonds. The Balaban J connectivity index is 1.52. The maximum Gasteiger partial charge on any atom is 0.410 e. The number of ether oxygens (including phenoxy) is 1. The molecule has 226 valence electrons. The van der Waals surface area contributed by atoms with Crippen molar-refractivity contribution in [2.24, 2.45) is 0 Å². The zero-order valence-electron chi connectivity index (χ0n) is 25.1. The van der Waals surface area contributed by atoms with E-state index in [1.807, 2.05) is 33.8 Å². The molecule has 0 aliphatic carbocycles. The lowest BCUT2D eigenvalue weighted by Crippen LogP contribution is -2.42. The number of imidazole rings is 1. The van der Waals surface area contributed by atoms with E-state index in [1.165, 1.54) is 9.13 Å². The molecule has 6 rings (SSSR count). The molecule has 0 spiro atoms. The van der Waals surface area contributed by atoms with Crippen molar-refractivity contribution in [2.45, 2.75) is 70.9 Å². The molecule has 0 radical (unpaired) electrons. The fourth-order valence-corrected chi connectivity index (χ4v) is 7.61. The number of hydrogen-bond acceptors (Lipinski definition) is 6. The molecule has 0 saturated heterocycles. The summed E-state index contributed by atoms with van der Waals surface area (Å²) in [5.74, 6) is 0.429. The Labute approximate surface area is 249 Å². The SMILES string of the molecule is Cc1cc(-n2nc3c(c2-n2ccn(-c4ccc5c(c4)CCS5(=N)=O)c2=O)[C@H](C)N(C(=O)OC(C)(C)C)CC3)cc(C)c1F. The van der Waals surface area contributed by atoms with Crippen molar-refractivity contribution in [1.82, 2.24) is 23.8 Å². The first kappa shape index (κ1) is 28.9. The zero-order chi connectivity index (χ0) is 31.0. The summed E-state index contributed by atoms with van der Waals surface area (Å²) in [6.07, 6.45) is 3.82. The normalized spacial score (nSPS) is 19.8. The van der Waals surface area contributed by atoms with Gasteiger partial charge in [-0.25, -0.2) is 27.6 Å². The number of hydrogen-bond donors (Lipinski definition) is 1. The molecule has 2 aromatic heterocycles. The molecule has 4 heterocycles. The molecule has 2 atom stereocenters. The van der Waals surface area contributed by atoms with Gasteiger partial charge < -0.3 is 9.64 Å². The third-order valence-corrected chi connectivity index (χ3v) is 9.97. The van der Waals surface area contributed by atoms with Crippen LogP contribution in [-0.4, -0.2) is 52.0 Å². The molecule has 43 heavy (non-hydrogen) atoms. The quantitative estimate of drug-likeness (QED) is 0.336. The van der Waals surface area contributed by atoms with E-state index in [0.717, 1.165) is 11.3 Å². The molecule has 10 nitrogen and oxygen atoms in total. The lowest BCUT2D eigenvalue weighted by Gasteiger charge is -2.34. The summed E-state index contributed by atoms with van der Waals surface area (Å²) >= 11 is 0. The van der Waals surface area contributed by atoms with E-state index in [1.54, 1.807) is 60.1 Å². The van der Waals surface area contributed by atoms with Crippen molar-refractivity contribution in [3.8, 4) is 17.2 Å². The number of carbonyl (C=O) groups excluding carboxylic acids is 1. The average Bonchev–Trinajstić information content (AvgIpc) is 3.58. The number of rotatable bonds is 3. The smallest absolute Gasteiger partial charge is 0.410 e. The van der Waals surface area contributed by atoms with Crippen LogP contribution in [0.2, 0.25) is 0 Å². The predicted molar refractivity (Wildman–Crippen MR) is 161 cm³/mol. The molecular formula is C31H35FN6O4S. The molecule has 0 saturated carbocycles. The summed E-state index contributed by atoms with van der Waals surface area (Å²) in [4.78, 5) is 29.5. The van der Waals surface area contributed by atoms with E-state index in [9.17, 15) is 18.2 Å². The van der Waals surface area contributed by atoms with Crippen LogP contribution >= 0.6 is 0 Å². The van der Waals surface area contributed by atoms with Crippen molar-refractivity contribution >= 4 is 15.8 Å². The topological polar surface area (TPSA) is 115 Å². The lowest BCUT2D eigenvalue weighted by molar-refractivity contribution is 0.0159. The Morgan fingerprint density at radius 2 is 1.74 bits per heavy atom. The number of carbonyl (C=O) groups is 1. The third-order valence-electron chi connectivity index (χ3n) is 8.08. The summed E-state index contributed by atoms with van der Waals surface area (Å²) in [7, 11) is -2.80. The van der Waals surface area contributed by atoms with Crippen molar-refractivity contribution in [2.75, 3.05) is 12.3 Å². The fourth-order valence-electron chi connectivity index (χ4n) is 6.01. The molecule has 2 aliphatic heterocycles. The first-order valence-corrected chi connectivity index (χ1v) is 16.0. The molecule has 0 bridgehead atoms. The molecule has 2 aromatic carbocycles. The van der Waals surface area contributed by atoms with Gasteiger partial charge >= 0.3 is 11.8 Å². The highest BCUT2D eigenvalue weighted by Gasteiger charge is 2.37. The van der Waals surface area contributed by atoms with Crippen LogP contribution < -0.4 is 5.69 Å². The van der Waals surface area contributed by atoms with Crippen LogP contribution in [0.25, 0.3) is 17.2 Å². The lowest BCUT2D eigenvalue weighted by atomic mass is 10.00. The molecule has 1 N–H and O–H groups in total. The van der Waals surface area contributed by atoms with Gasteiger partial charge in [-0.05, 0) is 95.0 Å². The molecule has 12 heteroatoms. The van der Waals surface area contributed by atoms with E-state index in [4.69, 9.17) is 14.6 Å². The highest BCUT2D eigenvalue weighted by molar-refractivity contribution is 7.92. The Hall–Kier alpha value is -4.19. The van der Waals surface area contributed by atoms with Gasteiger partial charge in [0.2, 0.25) is 0 Å². The number of amides is 1. The van der Waals surface area contributed by atoms with Crippen LogP contribution in [0.3, 0.4) is 0 Å². The Kier molecular flexibility index (Phi) is 6.68. The third kappa shape index (κ3) is 4.87. The minimum absolute atomic E-state index is 0.273. The maximum absolute atomic E-state index is 14.6. The van der Waals surface area contributed by atoms with E-state index < -0.39 is 27.5 Å². The van der Waals surface area contributed by atoms with Gasteiger partial charge in [0, 0.05) is 36.7 Å². The van der Waals surface area contributed by atoms with Crippen molar-refractivity contribution in [1.29, 1.82) is 4.78 Å². The van der Waals surface area contributed by atoms with Gasteiger partial charge in [0.15, 0.2) is 0 Å². The molecule has 4 aromatic rings. The van der Waals surface area contributed by atoms with Gasteiger partial charge in [0.1, 0.15) is 17.2 Å². The monoisotopic (exact) mass is 606 g/mol. The second-order valence-electron chi connectivity index (χ2n) is 12.3. The average molecular weight is 607 g/mol. The number of nitrogens with zero attached hydrogens (tertiary/aromatic N) is 5. The first-order valence-electron chi connectivity index (χ1n) is 14.2. The van der Waals surface area contributed by atoms with Crippen LogP contribution in [0.5, 0.6) is 0 Å². The van der Waals surface area contributed by atoms with Gasteiger partial charge in [0.05, 0.1) is 37.7 Å². The minimum atomic E-state index is -2.80. The molecular weight excluding hydrogens is 571 g/mol. The number of halogens is 1. The second kappa shape index (κ2) is 9.94. The van der Waals surface area contributed by atoms with Gasteiger partial charge in [-0.2, -0.15) is 5.10 Å². The number of aromatic nitrogens is 4. The van der Waals surface area contributed by atoms with Crippen LogP contribution in [0.15, 0.2) is 52.4 Å². The first-order chi connectivity index (χ1) is 20.2. The van der Waals surface area contributed by atoms with Crippen molar-refractivity contribution < 1.29 is 18.1 Å². The summed E-state index contributed by atoms with van der Waals surface area (Å²) < 4.78 is 45.7. The van der Waals surface area contributed by atoms with E-state index in [2.05, 4.69) is 0 Å². The Bertz CT molecular complexity index is 1940. The van der Waals surface area contributed by atoms with Gasteiger partial charge in [-0.3, -0.25) is 9.13 Å². The van der Waals surface area contributed by atoms with Crippen LogP contribution in [-0.2, 0) is 27.3 Å². The van der Waals surface area contributed by atoms with Crippen LogP contribution in [0, 0.1) is 24.4 Å². The van der Waals surface area contributed by atoms with Gasteiger partial charge in [-0.1, -0.05) is 0 Å². The largest absolute Gasteiger partial charge is 0.444 e. The summed E-state index contributed by atoms with van der Waals surface area (Å²) in [6, 6.07) is 8.12. The fraction of sp³-hybridized carbons (Fsp3) is 0.387. The number of benzene rings is 2. The van der Waals surface area contributed by atoms with E-state index in [-0.39, 0.29) is 17.3 Å². The Morgan fingerprint density at radius 1 is 1.07 bits per heavy atom. The van der Waals surface area contributed by atoms with Crippen molar-refractivity contribution in [3.05, 3.63) is 87.0 Å². The van der Waals surface area contributed by atoms with Gasteiger partial charge in [0.25, 0.3) is 0 Å². The molecule has 2 aliphatic rings. The number of nitrogens with one attached hydrogen (secondary N) is 1. The van der Waals surface area contributed by atoms with Crippen LogP contribution in [0.1, 0.15) is 61.7 Å². The highest BCUT2D eigenvalue weighted by atomic mass is 32.2.